The summed E-state index contributed by atoms with van der Waals surface area (Å²) in [4.78, 5) is 24.4. The zero-order chi connectivity index (χ0) is 17.1. The summed E-state index contributed by atoms with van der Waals surface area (Å²) in [7, 11) is 0. The Morgan fingerprint density at radius 3 is 2.75 bits per heavy atom. The fourth-order valence-electron chi connectivity index (χ4n) is 2.45. The van der Waals surface area contributed by atoms with E-state index in [1.807, 2.05) is 25.1 Å². The minimum absolute atomic E-state index is 0.199. The van der Waals surface area contributed by atoms with E-state index in [4.69, 9.17) is 4.74 Å². The van der Waals surface area contributed by atoms with E-state index < -0.39 is 5.97 Å². The third-order valence-electron chi connectivity index (χ3n) is 3.66. The van der Waals surface area contributed by atoms with Crippen LogP contribution in [0.1, 0.15) is 33.2 Å². The number of nitrogens with zero attached hydrogens (tertiary/aromatic N) is 2. The van der Waals surface area contributed by atoms with E-state index >= 15 is 0 Å². The number of aryl methyl sites for hydroxylation is 1. The second kappa shape index (κ2) is 6.54. The van der Waals surface area contributed by atoms with Crippen molar-refractivity contribution in [1.82, 2.24) is 9.61 Å². The van der Waals surface area contributed by atoms with Crippen LogP contribution in [0.4, 0.5) is 5.69 Å². The van der Waals surface area contributed by atoms with Gasteiger partial charge >= 0.3 is 5.97 Å². The molecule has 6 nitrogen and oxygen atoms in total. The first-order chi connectivity index (χ1) is 11.6. The highest BCUT2D eigenvalue weighted by Gasteiger charge is 2.15. The molecule has 0 unspecified atom stereocenters. The molecule has 3 aromatic rings. The van der Waals surface area contributed by atoms with Crippen LogP contribution in [0, 0.1) is 6.92 Å². The highest BCUT2D eigenvalue weighted by atomic mass is 16.5. The number of carbonyl (C=O) groups excluding carboxylic acids is 2. The van der Waals surface area contributed by atoms with Crippen LogP contribution in [-0.4, -0.2) is 28.1 Å². The fraction of sp³-hybridized carbons (Fsp3) is 0.167. The van der Waals surface area contributed by atoms with Gasteiger partial charge in [0.15, 0.2) is 0 Å². The van der Waals surface area contributed by atoms with Gasteiger partial charge in [-0.25, -0.2) is 9.31 Å². The maximum absolute atomic E-state index is 12.4. The zero-order valence-corrected chi connectivity index (χ0v) is 13.4. The summed E-state index contributed by atoms with van der Waals surface area (Å²) < 4.78 is 6.59. The molecule has 0 bridgehead atoms. The highest BCUT2D eigenvalue weighted by molar-refractivity contribution is 6.06. The van der Waals surface area contributed by atoms with Gasteiger partial charge in [-0.2, -0.15) is 5.10 Å². The van der Waals surface area contributed by atoms with E-state index in [0.717, 1.165) is 5.56 Å². The molecule has 24 heavy (non-hydrogen) atoms. The van der Waals surface area contributed by atoms with Crippen molar-refractivity contribution in [2.45, 2.75) is 13.8 Å². The zero-order valence-electron chi connectivity index (χ0n) is 13.4. The summed E-state index contributed by atoms with van der Waals surface area (Å²) in [6.45, 7) is 3.92. The molecular weight excluding hydrogens is 306 g/mol. The number of anilines is 1. The molecule has 1 amide bonds. The molecule has 1 aromatic carbocycles. The minimum Gasteiger partial charge on any atom is -0.462 e. The number of amides is 1. The van der Waals surface area contributed by atoms with E-state index in [1.54, 1.807) is 35.8 Å². The molecule has 0 aliphatic heterocycles. The number of benzene rings is 1. The molecular formula is C18H17N3O3. The summed E-state index contributed by atoms with van der Waals surface area (Å²) >= 11 is 0. The molecule has 0 atom stereocenters. The van der Waals surface area contributed by atoms with Crippen molar-refractivity contribution in [3.8, 4) is 0 Å². The molecule has 0 spiro atoms. The Morgan fingerprint density at radius 1 is 1.21 bits per heavy atom. The van der Waals surface area contributed by atoms with Gasteiger partial charge in [0.1, 0.15) is 5.56 Å². The Labute approximate surface area is 139 Å². The largest absolute Gasteiger partial charge is 0.462 e. The maximum Gasteiger partial charge on any atom is 0.341 e. The number of carbonyl (C=O) groups is 2. The summed E-state index contributed by atoms with van der Waals surface area (Å²) in [5, 5.41) is 6.96. The van der Waals surface area contributed by atoms with E-state index in [2.05, 4.69) is 10.4 Å². The number of nitrogens with one attached hydrogen (secondary N) is 1. The first-order valence-electron chi connectivity index (χ1n) is 7.61. The van der Waals surface area contributed by atoms with E-state index in [1.165, 1.54) is 6.20 Å². The average Bonchev–Trinajstić information content (AvgIpc) is 2.98. The predicted octanol–water partition coefficient (Wildman–Crippen LogP) is 3.07. The van der Waals surface area contributed by atoms with Crippen molar-refractivity contribution in [2.24, 2.45) is 0 Å². The Bertz CT molecular complexity index is 915. The standard InChI is InChI=1S/C18H17N3O3/c1-3-24-18(23)15-11-19-21-9-8-13(10-16(15)21)20-17(22)14-7-5-4-6-12(14)2/h4-11H,3H2,1-2H3,(H,20,22). The molecule has 0 aliphatic carbocycles. The number of hydrogen-bond donors (Lipinski definition) is 1. The molecule has 0 saturated heterocycles. The van der Waals surface area contributed by atoms with Crippen LogP contribution in [0.25, 0.3) is 5.52 Å². The topological polar surface area (TPSA) is 72.7 Å². The van der Waals surface area contributed by atoms with Gasteiger partial charge in [0.05, 0.1) is 18.3 Å². The van der Waals surface area contributed by atoms with E-state index in [-0.39, 0.29) is 5.91 Å². The molecule has 0 radical (unpaired) electrons. The Balaban J connectivity index is 1.90. The first kappa shape index (κ1) is 15.7. The van der Waals surface area contributed by atoms with E-state index in [0.29, 0.717) is 28.9 Å². The van der Waals surface area contributed by atoms with E-state index in [9.17, 15) is 9.59 Å². The smallest absolute Gasteiger partial charge is 0.341 e. The number of aromatic nitrogens is 2. The summed E-state index contributed by atoms with van der Waals surface area (Å²) in [5.74, 6) is -0.635. The second-order valence-corrected chi connectivity index (χ2v) is 5.29. The van der Waals surface area contributed by atoms with Crippen LogP contribution in [-0.2, 0) is 4.74 Å². The number of pyridine rings is 1. The third kappa shape index (κ3) is 2.99. The number of fused-ring (bicyclic) bond motifs is 1. The van der Waals surface area contributed by atoms with Gasteiger partial charge in [-0.05, 0) is 37.6 Å². The highest BCUT2D eigenvalue weighted by Crippen LogP contribution is 2.18. The lowest BCUT2D eigenvalue weighted by Crippen LogP contribution is -2.13. The van der Waals surface area contributed by atoms with Crippen LogP contribution in [0.3, 0.4) is 0 Å². The van der Waals surface area contributed by atoms with Crippen molar-refractivity contribution in [3.63, 3.8) is 0 Å². The number of hydrogen-bond acceptors (Lipinski definition) is 4. The van der Waals surface area contributed by atoms with Gasteiger partial charge in [0.2, 0.25) is 0 Å². The van der Waals surface area contributed by atoms with Crippen molar-refractivity contribution >= 4 is 23.1 Å². The predicted molar refractivity (Wildman–Crippen MR) is 90.3 cm³/mol. The molecule has 6 heteroatoms. The van der Waals surface area contributed by atoms with Gasteiger partial charge in [-0.15, -0.1) is 0 Å². The average molecular weight is 323 g/mol. The molecule has 3 rings (SSSR count). The second-order valence-electron chi connectivity index (χ2n) is 5.29. The maximum atomic E-state index is 12.4. The lowest BCUT2D eigenvalue weighted by Gasteiger charge is -2.08. The van der Waals surface area contributed by atoms with Crippen molar-refractivity contribution in [1.29, 1.82) is 0 Å². The van der Waals surface area contributed by atoms with Gasteiger partial charge < -0.3 is 10.1 Å². The molecule has 0 aliphatic rings. The molecule has 2 heterocycles. The third-order valence-corrected chi connectivity index (χ3v) is 3.66. The van der Waals surface area contributed by atoms with Gasteiger partial charge in [0.25, 0.3) is 5.91 Å². The van der Waals surface area contributed by atoms with Crippen molar-refractivity contribution in [3.05, 3.63) is 65.5 Å². The van der Waals surface area contributed by atoms with Crippen LogP contribution >= 0.6 is 0 Å². The monoisotopic (exact) mass is 323 g/mol. The summed E-state index contributed by atoms with van der Waals surface area (Å²) in [6.07, 6.45) is 3.14. The minimum atomic E-state index is -0.435. The number of rotatable bonds is 4. The Hall–Kier alpha value is -3.15. The van der Waals surface area contributed by atoms with Gasteiger partial charge in [0, 0.05) is 17.4 Å². The van der Waals surface area contributed by atoms with Crippen LogP contribution in [0.5, 0.6) is 0 Å². The SMILES string of the molecule is CCOC(=O)c1cnn2ccc(NC(=O)c3ccccc3C)cc12. The van der Waals surface area contributed by atoms with Crippen LogP contribution < -0.4 is 5.32 Å². The number of esters is 1. The Kier molecular flexibility index (Phi) is 4.29. The lowest BCUT2D eigenvalue weighted by molar-refractivity contribution is 0.0528. The van der Waals surface area contributed by atoms with Crippen LogP contribution in [0.2, 0.25) is 0 Å². The van der Waals surface area contributed by atoms with Gasteiger partial charge in [-0.3, -0.25) is 4.79 Å². The lowest BCUT2D eigenvalue weighted by atomic mass is 10.1. The fourth-order valence-corrected chi connectivity index (χ4v) is 2.45. The Morgan fingerprint density at radius 2 is 2.00 bits per heavy atom. The molecule has 0 fully saturated rings. The van der Waals surface area contributed by atoms with Gasteiger partial charge in [-0.1, -0.05) is 18.2 Å². The molecule has 122 valence electrons. The molecule has 1 N–H and O–H groups in total. The quantitative estimate of drug-likeness (QED) is 0.749. The summed E-state index contributed by atoms with van der Waals surface area (Å²) in [6, 6.07) is 10.8. The first-order valence-corrected chi connectivity index (χ1v) is 7.61. The normalized spacial score (nSPS) is 10.6. The van der Waals surface area contributed by atoms with Crippen LogP contribution in [0.15, 0.2) is 48.8 Å². The van der Waals surface area contributed by atoms with Crippen molar-refractivity contribution < 1.29 is 14.3 Å². The molecule has 2 aromatic heterocycles. The summed E-state index contributed by atoms with van der Waals surface area (Å²) in [5.41, 5.74) is 3.03. The van der Waals surface area contributed by atoms with Crippen molar-refractivity contribution in [2.75, 3.05) is 11.9 Å². The number of ether oxygens (including phenoxy) is 1. The molecule has 0 saturated carbocycles.